The van der Waals surface area contributed by atoms with E-state index in [0.29, 0.717) is 24.5 Å². The van der Waals surface area contributed by atoms with Crippen LogP contribution in [0.5, 0.6) is 11.6 Å². The second-order valence-corrected chi connectivity index (χ2v) is 7.54. The average Bonchev–Trinajstić information content (AvgIpc) is 2.85. The molecule has 6 heteroatoms. The largest absolute Gasteiger partial charge is 0.493 e. The zero-order chi connectivity index (χ0) is 18.8. The third-order valence-corrected chi connectivity index (χ3v) is 4.92. The van der Waals surface area contributed by atoms with Crippen LogP contribution in [0.1, 0.15) is 30.9 Å². The average molecular weight is 417 g/mol. The van der Waals surface area contributed by atoms with E-state index >= 15 is 0 Å². The fraction of sp³-hybridized carbons (Fsp3) is 0.300. The van der Waals surface area contributed by atoms with Crippen LogP contribution in [-0.4, -0.2) is 16.3 Å². The SMILES string of the molecule is Cc1ccc(C(C)C)c(OCCn2c(O)c(N=O)c3cc(Br)ccc32)c1. The number of ether oxygens (including phenoxy) is 1. The van der Waals surface area contributed by atoms with Crippen LogP contribution in [0.2, 0.25) is 0 Å². The maximum absolute atomic E-state index is 11.1. The van der Waals surface area contributed by atoms with E-state index in [1.54, 1.807) is 10.6 Å². The molecule has 26 heavy (non-hydrogen) atoms. The first kappa shape index (κ1) is 18.5. The van der Waals surface area contributed by atoms with E-state index in [2.05, 4.69) is 47.1 Å². The molecule has 0 atom stereocenters. The van der Waals surface area contributed by atoms with Crippen LogP contribution in [0, 0.1) is 11.8 Å². The van der Waals surface area contributed by atoms with E-state index in [9.17, 15) is 10.0 Å². The molecule has 0 aliphatic rings. The first-order chi connectivity index (χ1) is 12.4. The lowest BCUT2D eigenvalue weighted by Crippen LogP contribution is -2.09. The van der Waals surface area contributed by atoms with Crippen LogP contribution < -0.4 is 4.74 Å². The Bertz CT molecular complexity index is 963. The molecule has 0 saturated heterocycles. The maximum Gasteiger partial charge on any atom is 0.222 e. The summed E-state index contributed by atoms with van der Waals surface area (Å²) in [6.07, 6.45) is 0. The van der Waals surface area contributed by atoms with Crippen molar-refractivity contribution in [2.45, 2.75) is 33.2 Å². The van der Waals surface area contributed by atoms with Gasteiger partial charge in [0.05, 0.1) is 12.1 Å². The van der Waals surface area contributed by atoms with Gasteiger partial charge in [0.1, 0.15) is 12.4 Å². The minimum Gasteiger partial charge on any atom is -0.493 e. The zero-order valence-electron chi connectivity index (χ0n) is 15.0. The predicted octanol–water partition coefficient (Wildman–Crippen LogP) is 6.02. The Kier molecular flexibility index (Phi) is 5.32. The van der Waals surface area contributed by atoms with E-state index in [1.807, 2.05) is 25.1 Å². The Morgan fingerprint density at radius 1 is 1.23 bits per heavy atom. The first-order valence-electron chi connectivity index (χ1n) is 8.49. The van der Waals surface area contributed by atoms with Gasteiger partial charge >= 0.3 is 0 Å². The van der Waals surface area contributed by atoms with Crippen LogP contribution in [0.15, 0.2) is 46.0 Å². The van der Waals surface area contributed by atoms with Crippen LogP contribution in [0.3, 0.4) is 0 Å². The summed E-state index contributed by atoms with van der Waals surface area (Å²) in [5.41, 5.74) is 3.09. The molecule has 0 aliphatic carbocycles. The number of rotatable bonds is 6. The van der Waals surface area contributed by atoms with E-state index < -0.39 is 0 Å². The van der Waals surface area contributed by atoms with Crippen LogP contribution in [0.4, 0.5) is 5.69 Å². The lowest BCUT2D eigenvalue weighted by molar-refractivity contribution is 0.287. The van der Waals surface area contributed by atoms with Gasteiger partial charge in [-0.25, -0.2) is 0 Å². The third-order valence-electron chi connectivity index (χ3n) is 4.43. The van der Waals surface area contributed by atoms with Gasteiger partial charge in [-0.3, -0.25) is 0 Å². The van der Waals surface area contributed by atoms with Gasteiger partial charge in [-0.2, -0.15) is 0 Å². The van der Waals surface area contributed by atoms with E-state index in [0.717, 1.165) is 26.9 Å². The molecular weight excluding hydrogens is 396 g/mol. The quantitative estimate of drug-likeness (QED) is 0.499. The predicted molar refractivity (Wildman–Crippen MR) is 108 cm³/mol. The normalized spacial score (nSPS) is 11.3. The van der Waals surface area contributed by atoms with Crippen molar-refractivity contribution >= 4 is 32.5 Å². The first-order valence-corrected chi connectivity index (χ1v) is 9.29. The number of hydrogen-bond donors (Lipinski definition) is 1. The molecule has 3 aromatic rings. The molecule has 0 saturated carbocycles. The smallest absolute Gasteiger partial charge is 0.222 e. The van der Waals surface area contributed by atoms with E-state index in [-0.39, 0.29) is 11.6 Å². The van der Waals surface area contributed by atoms with Gasteiger partial charge < -0.3 is 14.4 Å². The molecule has 136 valence electrons. The topological polar surface area (TPSA) is 63.8 Å². The molecule has 2 aromatic carbocycles. The number of hydrogen-bond acceptors (Lipinski definition) is 4. The summed E-state index contributed by atoms with van der Waals surface area (Å²) in [6, 6.07) is 11.7. The molecule has 1 N–H and O–H groups in total. The molecular formula is C20H21BrN2O3. The second kappa shape index (κ2) is 7.50. The molecule has 1 heterocycles. The number of nitrogens with zero attached hydrogens (tertiary/aromatic N) is 2. The second-order valence-electron chi connectivity index (χ2n) is 6.62. The Hall–Kier alpha value is -2.34. The molecule has 0 amide bonds. The number of fused-ring (bicyclic) bond motifs is 1. The van der Waals surface area contributed by atoms with Gasteiger partial charge in [0.25, 0.3) is 0 Å². The summed E-state index contributed by atoms with van der Waals surface area (Å²) < 4.78 is 8.48. The lowest BCUT2D eigenvalue weighted by atomic mass is 10.0. The Balaban J connectivity index is 1.86. The van der Waals surface area contributed by atoms with Gasteiger partial charge in [-0.15, -0.1) is 4.91 Å². The molecule has 1 aromatic heterocycles. The van der Waals surface area contributed by atoms with Crippen molar-refractivity contribution in [1.29, 1.82) is 0 Å². The summed E-state index contributed by atoms with van der Waals surface area (Å²) >= 11 is 3.38. The third kappa shape index (κ3) is 3.46. The Labute approximate surface area is 160 Å². The monoisotopic (exact) mass is 416 g/mol. The summed E-state index contributed by atoms with van der Waals surface area (Å²) in [4.78, 5) is 11.1. The van der Waals surface area contributed by atoms with Gasteiger partial charge in [-0.05, 0) is 53.4 Å². The van der Waals surface area contributed by atoms with Crippen LogP contribution >= 0.6 is 15.9 Å². The summed E-state index contributed by atoms with van der Waals surface area (Å²) in [6.45, 7) is 7.06. The van der Waals surface area contributed by atoms with Crippen molar-refractivity contribution in [3.63, 3.8) is 0 Å². The summed E-state index contributed by atoms with van der Waals surface area (Å²) in [7, 11) is 0. The number of nitroso groups, excluding NO2 is 1. The van der Waals surface area contributed by atoms with Gasteiger partial charge in [0.15, 0.2) is 5.69 Å². The molecule has 0 unspecified atom stereocenters. The van der Waals surface area contributed by atoms with Crippen LogP contribution in [-0.2, 0) is 6.54 Å². The highest BCUT2D eigenvalue weighted by Crippen LogP contribution is 2.39. The fourth-order valence-corrected chi connectivity index (χ4v) is 3.46. The number of halogens is 1. The van der Waals surface area contributed by atoms with Gasteiger partial charge in [0, 0.05) is 9.86 Å². The minimum atomic E-state index is -0.134. The molecule has 0 fully saturated rings. The van der Waals surface area contributed by atoms with Crippen molar-refractivity contribution in [2.24, 2.45) is 5.18 Å². The maximum atomic E-state index is 11.1. The molecule has 3 rings (SSSR count). The molecule has 0 aliphatic heterocycles. The lowest BCUT2D eigenvalue weighted by Gasteiger charge is -2.15. The summed E-state index contributed by atoms with van der Waals surface area (Å²) in [5.74, 6) is 1.08. The van der Waals surface area contributed by atoms with Crippen LogP contribution in [0.25, 0.3) is 10.9 Å². The molecule has 0 bridgehead atoms. The van der Waals surface area contributed by atoms with E-state index in [4.69, 9.17) is 4.74 Å². The van der Waals surface area contributed by atoms with E-state index in [1.165, 1.54) is 0 Å². The highest BCUT2D eigenvalue weighted by atomic mass is 79.9. The Morgan fingerprint density at radius 2 is 2.00 bits per heavy atom. The fourth-order valence-electron chi connectivity index (χ4n) is 3.10. The standard InChI is InChI=1S/C20H21BrN2O3/c1-12(2)15-6-4-13(3)10-18(15)26-9-8-23-17-7-5-14(21)11-16(17)19(22-25)20(23)24/h4-7,10-12,24H,8-9H2,1-3H3. The van der Waals surface area contributed by atoms with Crippen molar-refractivity contribution in [2.75, 3.05) is 6.61 Å². The number of benzene rings is 2. The molecule has 0 spiro atoms. The van der Waals surface area contributed by atoms with Gasteiger partial charge in [-0.1, -0.05) is 41.9 Å². The highest BCUT2D eigenvalue weighted by molar-refractivity contribution is 9.10. The molecule has 5 nitrogen and oxygen atoms in total. The summed E-state index contributed by atoms with van der Waals surface area (Å²) in [5, 5.41) is 14.0. The van der Waals surface area contributed by atoms with Crippen molar-refractivity contribution in [3.05, 3.63) is 56.9 Å². The number of aromatic hydroxyl groups is 1. The molecule has 0 radical (unpaired) electrons. The highest BCUT2D eigenvalue weighted by Gasteiger charge is 2.18. The minimum absolute atomic E-state index is 0.0553. The zero-order valence-corrected chi connectivity index (χ0v) is 16.6. The van der Waals surface area contributed by atoms with Gasteiger partial charge in [0.2, 0.25) is 5.88 Å². The van der Waals surface area contributed by atoms with Crippen molar-refractivity contribution in [3.8, 4) is 11.6 Å². The number of aromatic nitrogens is 1. The van der Waals surface area contributed by atoms with Crippen molar-refractivity contribution in [1.82, 2.24) is 4.57 Å². The number of aryl methyl sites for hydroxylation is 1. The van der Waals surface area contributed by atoms with Crippen molar-refractivity contribution < 1.29 is 9.84 Å². The Morgan fingerprint density at radius 3 is 2.69 bits per heavy atom.